The highest BCUT2D eigenvalue weighted by molar-refractivity contribution is 6.12. The van der Waals surface area contributed by atoms with E-state index in [0.29, 0.717) is 22.4 Å². The Morgan fingerprint density at radius 2 is 0.938 bits per heavy atom. The van der Waals surface area contributed by atoms with Crippen LogP contribution in [-0.2, 0) is 6.18 Å². The van der Waals surface area contributed by atoms with Crippen molar-refractivity contribution in [3.63, 3.8) is 0 Å². The van der Waals surface area contributed by atoms with Crippen LogP contribution in [-0.4, -0.2) is 9.13 Å². The van der Waals surface area contributed by atoms with E-state index in [0.717, 1.165) is 94.4 Å². The molecule has 0 saturated heterocycles. The highest BCUT2D eigenvalue weighted by Gasteiger charge is 2.31. The van der Waals surface area contributed by atoms with Crippen molar-refractivity contribution >= 4 is 49.3 Å². The van der Waals surface area contributed by atoms with E-state index in [1.165, 1.54) is 17.2 Å². The zero-order valence-electron chi connectivity index (χ0n) is 35.9. The molecule has 0 aliphatic carbocycles. The molecule has 0 fully saturated rings. The van der Waals surface area contributed by atoms with Gasteiger partial charge in [-0.2, -0.15) is 13.2 Å². The van der Waals surface area contributed by atoms with Gasteiger partial charge in [-0.1, -0.05) is 126 Å². The molecule has 9 aromatic carbocycles. The maximum atomic E-state index is 13.9. The summed E-state index contributed by atoms with van der Waals surface area (Å²) in [5, 5.41) is 4.40. The van der Waals surface area contributed by atoms with Crippen molar-refractivity contribution in [2.45, 2.75) is 26.9 Å². The van der Waals surface area contributed by atoms with Crippen molar-refractivity contribution < 1.29 is 13.2 Å². The minimum atomic E-state index is -4.46. The van der Waals surface area contributed by atoms with Crippen molar-refractivity contribution in [2.75, 3.05) is 0 Å². The smallest absolute Gasteiger partial charge is 0.309 e. The van der Waals surface area contributed by atoms with E-state index >= 15 is 0 Å². The second-order valence-electron chi connectivity index (χ2n) is 17.0. The Kier molecular flexibility index (Phi) is 9.34. The van der Waals surface area contributed by atoms with Crippen molar-refractivity contribution in [1.82, 2.24) is 9.13 Å². The number of halogens is 3. The van der Waals surface area contributed by atoms with Crippen LogP contribution in [0.15, 0.2) is 188 Å². The molecule has 0 aliphatic heterocycles. The van der Waals surface area contributed by atoms with Crippen molar-refractivity contribution in [3.8, 4) is 55.9 Å². The predicted molar refractivity (Wildman–Crippen MR) is 262 cm³/mol. The number of nitrogens with zero attached hydrogens (tertiary/aromatic N) is 3. The first kappa shape index (κ1) is 39.7. The van der Waals surface area contributed by atoms with Gasteiger partial charge in [-0.05, 0) is 144 Å². The number of para-hydroxylation sites is 2. The number of hydrogen-bond acceptors (Lipinski definition) is 0. The average Bonchev–Trinajstić information content (AvgIpc) is 3.83. The van der Waals surface area contributed by atoms with Crippen LogP contribution in [0.1, 0.15) is 22.3 Å². The molecule has 11 rings (SSSR count). The molecule has 0 atom stereocenters. The van der Waals surface area contributed by atoms with Crippen molar-refractivity contribution in [3.05, 3.63) is 222 Å². The van der Waals surface area contributed by atoms with Gasteiger partial charge in [-0.3, -0.25) is 0 Å². The minimum absolute atomic E-state index is 0.459. The fourth-order valence-electron chi connectivity index (χ4n) is 9.59. The molecule has 0 aliphatic rings. The third-order valence-electron chi connectivity index (χ3n) is 12.9. The lowest BCUT2D eigenvalue weighted by atomic mass is 9.93. The van der Waals surface area contributed by atoms with Gasteiger partial charge in [-0.15, -0.1) is 0 Å². The normalized spacial score (nSPS) is 11.8. The van der Waals surface area contributed by atoms with E-state index in [1.807, 2.05) is 36.4 Å². The largest absolute Gasteiger partial charge is 0.416 e. The van der Waals surface area contributed by atoms with Crippen LogP contribution in [0.25, 0.3) is 104 Å². The van der Waals surface area contributed by atoms with E-state index in [4.69, 9.17) is 6.57 Å². The molecule has 312 valence electrons. The number of fused-ring (bicyclic) bond motifs is 6. The molecule has 6 heteroatoms. The summed E-state index contributed by atoms with van der Waals surface area (Å²) in [7, 11) is 0. The fraction of sp³-hybridized carbons (Fsp3) is 0.0678. The van der Waals surface area contributed by atoms with Crippen LogP contribution in [0.4, 0.5) is 18.9 Å². The van der Waals surface area contributed by atoms with Gasteiger partial charge in [0.1, 0.15) is 0 Å². The number of rotatable bonds is 6. The first-order chi connectivity index (χ1) is 31.5. The lowest BCUT2D eigenvalue weighted by Crippen LogP contribution is -2.05. The fourth-order valence-corrected chi connectivity index (χ4v) is 9.59. The van der Waals surface area contributed by atoms with Crippen LogP contribution >= 0.6 is 0 Å². The maximum Gasteiger partial charge on any atom is 0.416 e. The summed E-state index contributed by atoms with van der Waals surface area (Å²) in [6.07, 6.45) is -4.46. The number of benzene rings is 9. The third kappa shape index (κ3) is 6.76. The zero-order chi connectivity index (χ0) is 44.6. The monoisotopic (exact) mass is 847 g/mol. The second-order valence-corrected chi connectivity index (χ2v) is 17.0. The summed E-state index contributed by atoms with van der Waals surface area (Å²) in [6.45, 7) is 14.4. The van der Waals surface area contributed by atoms with Gasteiger partial charge in [-0.25, -0.2) is 4.85 Å². The summed E-state index contributed by atoms with van der Waals surface area (Å²) < 4.78 is 46.2. The summed E-state index contributed by atoms with van der Waals surface area (Å²) in [4.78, 5) is 4.11. The lowest BCUT2D eigenvalue weighted by Gasteiger charge is -2.19. The molecule has 2 aromatic heterocycles. The predicted octanol–water partition coefficient (Wildman–Crippen LogP) is 17.0. The van der Waals surface area contributed by atoms with Gasteiger partial charge >= 0.3 is 6.18 Å². The Labute approximate surface area is 374 Å². The molecule has 0 saturated carbocycles. The van der Waals surface area contributed by atoms with E-state index in [1.54, 1.807) is 13.0 Å². The summed E-state index contributed by atoms with van der Waals surface area (Å²) in [5.41, 5.74) is 15.9. The standard InChI is InChI=1S/C59H40F3N3/c1-36-13-17-39(18-14-36)41-21-28-56-50(32-41)47-9-5-7-11-54(47)64(56)45-25-27-53(63-4)49(35-45)52-34-43(46-26-24-44(31-38(46)3)59(60,61)62)23-30-58(52)65-55-12-8-6-10-48(55)51-33-42(22-29-57(51)65)40-19-15-37(2)16-20-40/h5-35H,1-3H3. The first-order valence-corrected chi connectivity index (χ1v) is 21.6. The molecule has 0 spiro atoms. The molecule has 2 heterocycles. The van der Waals surface area contributed by atoms with Crippen LogP contribution < -0.4 is 0 Å². The van der Waals surface area contributed by atoms with Crippen LogP contribution in [0.5, 0.6) is 0 Å². The molecule has 0 amide bonds. The van der Waals surface area contributed by atoms with E-state index in [2.05, 4.69) is 161 Å². The highest BCUT2D eigenvalue weighted by Crippen LogP contribution is 2.45. The number of aromatic nitrogens is 2. The van der Waals surface area contributed by atoms with E-state index < -0.39 is 11.7 Å². The lowest BCUT2D eigenvalue weighted by molar-refractivity contribution is -0.137. The molecular formula is C59H40F3N3. The Morgan fingerprint density at radius 3 is 1.51 bits per heavy atom. The van der Waals surface area contributed by atoms with Gasteiger partial charge in [0.2, 0.25) is 0 Å². The molecule has 0 unspecified atom stereocenters. The molecule has 65 heavy (non-hydrogen) atoms. The van der Waals surface area contributed by atoms with Gasteiger partial charge in [0.15, 0.2) is 5.69 Å². The number of aryl methyl sites for hydroxylation is 3. The highest BCUT2D eigenvalue weighted by atomic mass is 19.4. The van der Waals surface area contributed by atoms with Gasteiger partial charge in [0.25, 0.3) is 0 Å². The molecular weight excluding hydrogens is 808 g/mol. The Balaban J connectivity index is 1.16. The summed E-state index contributed by atoms with van der Waals surface area (Å²) in [5.74, 6) is 0. The topological polar surface area (TPSA) is 14.2 Å². The van der Waals surface area contributed by atoms with Crippen LogP contribution in [0, 0.1) is 27.3 Å². The quantitative estimate of drug-likeness (QED) is 0.148. The van der Waals surface area contributed by atoms with Crippen LogP contribution in [0.3, 0.4) is 0 Å². The third-order valence-corrected chi connectivity index (χ3v) is 12.9. The van der Waals surface area contributed by atoms with Crippen molar-refractivity contribution in [1.29, 1.82) is 0 Å². The van der Waals surface area contributed by atoms with Crippen LogP contribution in [0.2, 0.25) is 0 Å². The van der Waals surface area contributed by atoms with E-state index in [9.17, 15) is 13.2 Å². The van der Waals surface area contributed by atoms with E-state index in [-0.39, 0.29) is 0 Å². The number of alkyl halides is 3. The van der Waals surface area contributed by atoms with Gasteiger partial charge in [0, 0.05) is 27.2 Å². The molecule has 0 N–H and O–H groups in total. The molecule has 11 aromatic rings. The first-order valence-electron chi connectivity index (χ1n) is 21.6. The summed E-state index contributed by atoms with van der Waals surface area (Å²) in [6, 6.07) is 63.0. The van der Waals surface area contributed by atoms with Gasteiger partial charge in [0.05, 0.1) is 39.9 Å². The Morgan fingerprint density at radius 1 is 0.415 bits per heavy atom. The van der Waals surface area contributed by atoms with Crippen molar-refractivity contribution in [2.24, 2.45) is 0 Å². The molecule has 0 radical (unpaired) electrons. The molecule has 3 nitrogen and oxygen atoms in total. The molecule has 0 bridgehead atoms. The minimum Gasteiger partial charge on any atom is -0.309 e. The average molecular weight is 848 g/mol. The maximum absolute atomic E-state index is 13.9. The SMILES string of the molecule is [C-]#[N+]c1ccc(-n2c3ccccc3c3cc(-c4ccc(C)cc4)ccc32)cc1-c1cc(-c2ccc(C(F)(F)F)cc2C)ccc1-n1c2ccccc2c2cc(-c3ccc(C)cc3)ccc21. The number of hydrogen-bond donors (Lipinski definition) is 0. The zero-order valence-corrected chi connectivity index (χ0v) is 35.9. The second kappa shape index (κ2) is 15.3. The Bertz CT molecular complexity index is 3730. The Hall–Kier alpha value is -8.14. The van der Waals surface area contributed by atoms with Gasteiger partial charge < -0.3 is 9.13 Å². The summed E-state index contributed by atoms with van der Waals surface area (Å²) >= 11 is 0.